The minimum atomic E-state index is -1.03. The number of aromatic nitrogens is 4. The summed E-state index contributed by atoms with van der Waals surface area (Å²) in [7, 11) is 0. The normalized spacial score (nSPS) is 10.3. The average Bonchev–Trinajstić information content (AvgIpc) is 2.46. The molecule has 0 saturated carbocycles. The molecule has 0 aromatic carbocycles. The fourth-order valence-corrected chi connectivity index (χ4v) is 0.894. The van der Waals surface area contributed by atoms with E-state index in [0.29, 0.717) is 11.2 Å². The van der Waals surface area contributed by atoms with Gasteiger partial charge in [0.1, 0.15) is 17.5 Å². The summed E-state index contributed by atoms with van der Waals surface area (Å²) in [5.74, 6) is -1.03. The zero-order valence-corrected chi connectivity index (χ0v) is 5.85. The minimum absolute atomic E-state index is 0.0676. The van der Waals surface area contributed by atoms with Crippen LogP contribution in [-0.4, -0.2) is 31.2 Å². The van der Waals surface area contributed by atoms with Gasteiger partial charge in [-0.1, -0.05) is 0 Å². The van der Waals surface area contributed by atoms with Crippen molar-refractivity contribution < 1.29 is 9.90 Å². The van der Waals surface area contributed by atoms with Crippen LogP contribution in [-0.2, 0) is 0 Å². The largest absolute Gasteiger partial charge is 0.477 e. The van der Waals surface area contributed by atoms with Crippen LogP contribution < -0.4 is 0 Å². The van der Waals surface area contributed by atoms with Gasteiger partial charge < -0.3 is 10.1 Å². The molecule has 0 bridgehead atoms. The zero-order chi connectivity index (χ0) is 8.55. The highest BCUT2D eigenvalue weighted by Crippen LogP contribution is 2.07. The lowest BCUT2D eigenvalue weighted by atomic mass is 10.4. The quantitative estimate of drug-likeness (QED) is 0.621. The average molecular weight is 164 g/mol. The number of hydrogen-bond donors (Lipinski definition) is 2. The minimum Gasteiger partial charge on any atom is -0.477 e. The molecule has 6 heteroatoms. The van der Waals surface area contributed by atoms with Crippen LogP contribution in [0.25, 0.3) is 11.2 Å². The third-order valence-electron chi connectivity index (χ3n) is 1.41. The van der Waals surface area contributed by atoms with Gasteiger partial charge in [0, 0.05) is 0 Å². The Morgan fingerprint density at radius 1 is 1.58 bits per heavy atom. The SMILES string of the molecule is O=C(O)c1cc2ncnnc2[nH]1. The molecule has 0 atom stereocenters. The van der Waals surface area contributed by atoms with E-state index >= 15 is 0 Å². The topological polar surface area (TPSA) is 91.8 Å². The smallest absolute Gasteiger partial charge is 0.352 e. The van der Waals surface area contributed by atoms with Crippen molar-refractivity contribution in [1.29, 1.82) is 0 Å². The molecule has 0 fully saturated rings. The number of fused-ring (bicyclic) bond motifs is 1. The van der Waals surface area contributed by atoms with Gasteiger partial charge in [-0.25, -0.2) is 9.78 Å². The Morgan fingerprint density at radius 3 is 3.08 bits per heavy atom. The third-order valence-corrected chi connectivity index (χ3v) is 1.41. The van der Waals surface area contributed by atoms with E-state index < -0.39 is 5.97 Å². The summed E-state index contributed by atoms with van der Waals surface area (Å²) in [5, 5.41) is 15.7. The molecule has 2 aromatic heterocycles. The Balaban J connectivity index is 2.70. The van der Waals surface area contributed by atoms with Crippen molar-refractivity contribution in [3.63, 3.8) is 0 Å². The van der Waals surface area contributed by atoms with Crippen LogP contribution in [0, 0.1) is 0 Å². The van der Waals surface area contributed by atoms with Crippen LogP contribution in [0.5, 0.6) is 0 Å². The standard InChI is InChI=1S/C6H4N4O2/c11-6(12)4-1-3-5(9-4)10-8-2-7-3/h1-2H,(H,9,10)(H,11,12). The van der Waals surface area contributed by atoms with Crippen molar-refractivity contribution >= 4 is 17.1 Å². The summed E-state index contributed by atoms with van der Waals surface area (Å²) in [5.41, 5.74) is 0.954. The molecule has 60 valence electrons. The molecular formula is C6H4N4O2. The van der Waals surface area contributed by atoms with Crippen molar-refractivity contribution in [2.75, 3.05) is 0 Å². The van der Waals surface area contributed by atoms with E-state index in [1.165, 1.54) is 12.4 Å². The van der Waals surface area contributed by atoms with Gasteiger partial charge in [-0.3, -0.25) is 0 Å². The van der Waals surface area contributed by atoms with Crippen LogP contribution >= 0.6 is 0 Å². The fraction of sp³-hybridized carbons (Fsp3) is 0. The van der Waals surface area contributed by atoms with Crippen molar-refractivity contribution in [1.82, 2.24) is 20.2 Å². The molecule has 2 heterocycles. The molecule has 2 aromatic rings. The van der Waals surface area contributed by atoms with Crippen LogP contribution in [0.4, 0.5) is 0 Å². The molecule has 2 rings (SSSR count). The van der Waals surface area contributed by atoms with Crippen molar-refractivity contribution in [2.24, 2.45) is 0 Å². The number of aromatic amines is 1. The number of nitrogens with zero attached hydrogens (tertiary/aromatic N) is 3. The fourth-order valence-electron chi connectivity index (χ4n) is 0.894. The number of carbonyl (C=O) groups is 1. The first-order valence-corrected chi connectivity index (χ1v) is 3.17. The number of H-pyrrole nitrogens is 1. The second-order valence-electron chi connectivity index (χ2n) is 2.18. The highest BCUT2D eigenvalue weighted by atomic mass is 16.4. The first-order chi connectivity index (χ1) is 5.77. The van der Waals surface area contributed by atoms with Crippen LogP contribution in [0.15, 0.2) is 12.4 Å². The monoisotopic (exact) mass is 164 g/mol. The lowest BCUT2D eigenvalue weighted by molar-refractivity contribution is 0.0691. The summed E-state index contributed by atoms with van der Waals surface area (Å²) in [6.45, 7) is 0. The van der Waals surface area contributed by atoms with Crippen LogP contribution in [0.3, 0.4) is 0 Å². The molecule has 0 amide bonds. The van der Waals surface area contributed by atoms with Crippen molar-refractivity contribution in [2.45, 2.75) is 0 Å². The number of nitrogens with one attached hydrogen (secondary N) is 1. The summed E-state index contributed by atoms with van der Waals surface area (Å²) < 4.78 is 0. The van der Waals surface area contributed by atoms with Gasteiger partial charge in [0.15, 0.2) is 5.65 Å². The van der Waals surface area contributed by atoms with E-state index in [4.69, 9.17) is 5.11 Å². The molecule has 6 nitrogen and oxygen atoms in total. The summed E-state index contributed by atoms with van der Waals surface area (Å²) >= 11 is 0. The number of rotatable bonds is 1. The van der Waals surface area contributed by atoms with E-state index in [0.717, 1.165) is 0 Å². The van der Waals surface area contributed by atoms with E-state index in [-0.39, 0.29) is 5.69 Å². The Labute approximate surface area is 66.3 Å². The maximum Gasteiger partial charge on any atom is 0.352 e. The Bertz CT molecular complexity index is 403. The molecule has 12 heavy (non-hydrogen) atoms. The predicted molar refractivity (Wildman–Crippen MR) is 38.6 cm³/mol. The van der Waals surface area contributed by atoms with Crippen molar-refractivity contribution in [3.8, 4) is 0 Å². The Morgan fingerprint density at radius 2 is 2.42 bits per heavy atom. The number of aromatic carboxylic acids is 1. The maximum absolute atomic E-state index is 10.5. The molecule has 0 aliphatic heterocycles. The Hall–Kier alpha value is -1.98. The molecule has 0 unspecified atom stereocenters. The van der Waals surface area contributed by atoms with E-state index in [1.54, 1.807) is 0 Å². The first kappa shape index (κ1) is 6.71. The van der Waals surface area contributed by atoms with Crippen LogP contribution in [0.1, 0.15) is 10.5 Å². The van der Waals surface area contributed by atoms with Crippen LogP contribution in [0.2, 0.25) is 0 Å². The summed E-state index contributed by atoms with van der Waals surface area (Å²) in [6.07, 6.45) is 1.27. The lowest BCUT2D eigenvalue weighted by Gasteiger charge is -1.82. The van der Waals surface area contributed by atoms with E-state index in [1.807, 2.05) is 0 Å². The molecule has 2 N–H and O–H groups in total. The molecular weight excluding hydrogens is 160 g/mol. The van der Waals surface area contributed by atoms with Gasteiger partial charge in [0.05, 0.1) is 0 Å². The molecule has 0 aliphatic carbocycles. The molecule has 0 spiro atoms. The van der Waals surface area contributed by atoms with E-state index in [9.17, 15) is 4.79 Å². The van der Waals surface area contributed by atoms with Crippen molar-refractivity contribution in [3.05, 3.63) is 18.1 Å². The summed E-state index contributed by atoms with van der Waals surface area (Å²) in [4.78, 5) is 16.8. The second kappa shape index (κ2) is 2.26. The number of carboxylic acid groups (broad SMARTS) is 1. The zero-order valence-electron chi connectivity index (χ0n) is 5.85. The number of hydrogen-bond acceptors (Lipinski definition) is 4. The second-order valence-corrected chi connectivity index (χ2v) is 2.18. The molecule has 0 radical (unpaired) electrons. The highest BCUT2D eigenvalue weighted by molar-refractivity contribution is 5.90. The summed E-state index contributed by atoms with van der Waals surface area (Å²) in [6, 6.07) is 1.41. The third kappa shape index (κ3) is 0.895. The first-order valence-electron chi connectivity index (χ1n) is 3.17. The number of carboxylic acids is 1. The van der Waals surface area contributed by atoms with E-state index in [2.05, 4.69) is 20.2 Å². The Kier molecular flexibility index (Phi) is 1.26. The lowest BCUT2D eigenvalue weighted by Crippen LogP contribution is -1.95. The van der Waals surface area contributed by atoms with Gasteiger partial charge in [0.25, 0.3) is 0 Å². The van der Waals surface area contributed by atoms with Gasteiger partial charge in [-0.2, -0.15) is 0 Å². The van der Waals surface area contributed by atoms with Gasteiger partial charge >= 0.3 is 5.97 Å². The maximum atomic E-state index is 10.5. The predicted octanol–water partition coefficient (Wildman–Crippen LogP) is 0.0511. The van der Waals surface area contributed by atoms with Gasteiger partial charge in [-0.15, -0.1) is 10.2 Å². The molecule has 0 aliphatic rings. The van der Waals surface area contributed by atoms with Gasteiger partial charge in [-0.05, 0) is 6.07 Å². The van der Waals surface area contributed by atoms with Gasteiger partial charge in [0.2, 0.25) is 0 Å². The highest BCUT2D eigenvalue weighted by Gasteiger charge is 2.07. The molecule has 0 saturated heterocycles.